The van der Waals surface area contributed by atoms with Gasteiger partial charge in [0.15, 0.2) is 0 Å². The molecule has 0 spiro atoms. The van der Waals surface area contributed by atoms with E-state index in [9.17, 15) is 9.59 Å². The third-order valence-electron chi connectivity index (χ3n) is 2.56. The second-order valence-electron chi connectivity index (χ2n) is 3.88. The van der Waals surface area contributed by atoms with E-state index in [1.54, 1.807) is 0 Å². The van der Waals surface area contributed by atoms with Crippen LogP contribution < -0.4 is 5.32 Å². The normalized spacial score (nSPS) is 17.4. The summed E-state index contributed by atoms with van der Waals surface area (Å²) in [5.74, 6) is -0.997. The second kappa shape index (κ2) is 6.83. The first kappa shape index (κ1) is 13.4. The van der Waals surface area contributed by atoms with Crippen molar-refractivity contribution in [2.75, 3.05) is 45.8 Å². The van der Waals surface area contributed by atoms with E-state index in [0.717, 1.165) is 0 Å². The van der Waals surface area contributed by atoms with Crippen molar-refractivity contribution in [3.8, 4) is 6.07 Å². The van der Waals surface area contributed by atoms with Crippen LogP contribution in [-0.2, 0) is 9.59 Å². The molecule has 1 saturated heterocycles. The number of aliphatic carboxylic acids is 1. The Balaban J connectivity index is 2.21. The Bertz CT molecular complexity index is 318. The van der Waals surface area contributed by atoms with E-state index in [-0.39, 0.29) is 25.5 Å². The quantitative estimate of drug-likeness (QED) is 0.558. The van der Waals surface area contributed by atoms with E-state index in [2.05, 4.69) is 5.32 Å². The highest BCUT2D eigenvalue weighted by Gasteiger charge is 2.19. The first-order chi connectivity index (χ1) is 8.11. The summed E-state index contributed by atoms with van der Waals surface area (Å²) in [4.78, 5) is 25.6. The number of nitriles is 1. The number of nitrogens with zero attached hydrogens (tertiary/aromatic N) is 3. The largest absolute Gasteiger partial charge is 0.480 e. The van der Waals surface area contributed by atoms with Crippen molar-refractivity contribution in [1.82, 2.24) is 15.1 Å². The van der Waals surface area contributed by atoms with Gasteiger partial charge >= 0.3 is 5.97 Å². The highest BCUT2D eigenvalue weighted by atomic mass is 16.4. The molecule has 7 heteroatoms. The molecule has 1 aliphatic heterocycles. The monoisotopic (exact) mass is 240 g/mol. The average molecular weight is 240 g/mol. The van der Waals surface area contributed by atoms with Gasteiger partial charge < -0.3 is 10.4 Å². The van der Waals surface area contributed by atoms with Gasteiger partial charge in [0.1, 0.15) is 6.54 Å². The summed E-state index contributed by atoms with van der Waals surface area (Å²) in [5.41, 5.74) is 0. The smallest absolute Gasteiger partial charge is 0.317 e. The van der Waals surface area contributed by atoms with Crippen LogP contribution >= 0.6 is 0 Å². The SMILES string of the molecule is N#CCNC(=O)CN1CCN(CC(=O)O)CC1. The molecule has 0 atom stereocenters. The molecule has 0 aromatic carbocycles. The van der Waals surface area contributed by atoms with Gasteiger partial charge in [-0.1, -0.05) is 0 Å². The second-order valence-corrected chi connectivity index (χ2v) is 3.88. The summed E-state index contributed by atoms with van der Waals surface area (Å²) < 4.78 is 0. The van der Waals surface area contributed by atoms with Crippen LogP contribution in [0, 0.1) is 11.3 Å². The van der Waals surface area contributed by atoms with Gasteiger partial charge in [-0.25, -0.2) is 0 Å². The Morgan fingerprint density at radius 3 is 2.18 bits per heavy atom. The number of hydrogen-bond acceptors (Lipinski definition) is 5. The Morgan fingerprint density at radius 2 is 1.71 bits per heavy atom. The van der Waals surface area contributed by atoms with Crippen molar-refractivity contribution in [3.05, 3.63) is 0 Å². The van der Waals surface area contributed by atoms with Gasteiger partial charge in [-0.15, -0.1) is 0 Å². The predicted octanol–water partition coefficient (Wildman–Crippen LogP) is -1.67. The van der Waals surface area contributed by atoms with Crippen LogP contribution in [0.15, 0.2) is 0 Å². The van der Waals surface area contributed by atoms with Gasteiger partial charge in [0.25, 0.3) is 0 Å². The van der Waals surface area contributed by atoms with Gasteiger partial charge in [-0.3, -0.25) is 19.4 Å². The number of hydrogen-bond donors (Lipinski definition) is 2. The minimum atomic E-state index is -0.829. The molecule has 0 aliphatic carbocycles. The highest BCUT2D eigenvalue weighted by molar-refractivity contribution is 5.78. The molecule has 7 nitrogen and oxygen atoms in total. The van der Waals surface area contributed by atoms with Crippen LogP contribution in [0.5, 0.6) is 0 Å². The molecule has 17 heavy (non-hydrogen) atoms. The number of carboxylic acids is 1. The third-order valence-corrected chi connectivity index (χ3v) is 2.56. The van der Waals surface area contributed by atoms with Crippen molar-refractivity contribution in [3.63, 3.8) is 0 Å². The van der Waals surface area contributed by atoms with Gasteiger partial charge in [0.2, 0.25) is 5.91 Å². The molecule has 0 aromatic rings. The van der Waals surface area contributed by atoms with Crippen LogP contribution in [0.4, 0.5) is 0 Å². The maximum Gasteiger partial charge on any atom is 0.317 e. The fraction of sp³-hybridized carbons (Fsp3) is 0.700. The summed E-state index contributed by atoms with van der Waals surface area (Å²) in [6.07, 6.45) is 0. The molecule has 1 rings (SSSR count). The number of piperazine rings is 1. The van der Waals surface area contributed by atoms with Crippen molar-refractivity contribution < 1.29 is 14.7 Å². The standard InChI is InChI=1S/C10H16N4O3/c11-1-2-12-9(15)7-13-3-5-14(6-4-13)8-10(16)17/h2-8H2,(H,12,15)(H,16,17). The van der Waals surface area contributed by atoms with Crippen LogP contribution in [0.25, 0.3) is 0 Å². The van der Waals surface area contributed by atoms with Crippen molar-refractivity contribution in [2.24, 2.45) is 0 Å². The summed E-state index contributed by atoms with van der Waals surface area (Å²) in [6.45, 7) is 2.99. The maximum absolute atomic E-state index is 11.3. The number of carboxylic acid groups (broad SMARTS) is 1. The van der Waals surface area contributed by atoms with Gasteiger partial charge in [-0.05, 0) is 0 Å². The minimum absolute atomic E-state index is 0.0256. The lowest BCUT2D eigenvalue weighted by molar-refractivity contribution is -0.139. The molecule has 2 N–H and O–H groups in total. The summed E-state index contributed by atoms with van der Waals surface area (Å²) >= 11 is 0. The van der Waals surface area contributed by atoms with Gasteiger partial charge in [0.05, 0.1) is 19.2 Å². The first-order valence-corrected chi connectivity index (χ1v) is 5.42. The molecular formula is C10H16N4O3. The maximum atomic E-state index is 11.3. The van der Waals surface area contributed by atoms with E-state index in [1.807, 2.05) is 15.9 Å². The molecule has 1 aliphatic rings. The Morgan fingerprint density at radius 1 is 1.18 bits per heavy atom. The summed E-state index contributed by atoms with van der Waals surface area (Å²) in [7, 11) is 0. The number of carbonyl (C=O) groups excluding carboxylic acids is 1. The van der Waals surface area contributed by atoms with Crippen molar-refractivity contribution in [1.29, 1.82) is 5.26 Å². The molecule has 1 heterocycles. The van der Waals surface area contributed by atoms with E-state index in [0.29, 0.717) is 26.2 Å². The van der Waals surface area contributed by atoms with E-state index in [4.69, 9.17) is 10.4 Å². The lowest BCUT2D eigenvalue weighted by Crippen LogP contribution is -2.50. The topological polar surface area (TPSA) is 96.7 Å². The van der Waals surface area contributed by atoms with E-state index in [1.165, 1.54) is 0 Å². The number of amides is 1. The molecule has 0 radical (unpaired) electrons. The lowest BCUT2D eigenvalue weighted by Gasteiger charge is -2.33. The molecule has 0 unspecified atom stereocenters. The fourth-order valence-corrected chi connectivity index (χ4v) is 1.69. The van der Waals surface area contributed by atoms with Gasteiger partial charge in [0, 0.05) is 26.2 Å². The zero-order valence-electron chi connectivity index (χ0n) is 9.56. The lowest BCUT2D eigenvalue weighted by atomic mass is 10.3. The van der Waals surface area contributed by atoms with E-state index >= 15 is 0 Å². The molecule has 0 saturated carbocycles. The molecular weight excluding hydrogens is 224 g/mol. The molecule has 1 fully saturated rings. The van der Waals surface area contributed by atoms with Crippen LogP contribution in [-0.4, -0.2) is 72.6 Å². The number of nitrogens with one attached hydrogen (secondary N) is 1. The zero-order chi connectivity index (χ0) is 12.7. The van der Waals surface area contributed by atoms with Crippen molar-refractivity contribution >= 4 is 11.9 Å². The summed E-state index contributed by atoms with van der Waals surface area (Å²) in [5, 5.41) is 19.4. The van der Waals surface area contributed by atoms with Gasteiger partial charge in [-0.2, -0.15) is 5.26 Å². The Labute approximate surface area is 99.6 Å². The predicted molar refractivity (Wildman–Crippen MR) is 59.1 cm³/mol. The molecule has 0 aromatic heterocycles. The molecule has 0 bridgehead atoms. The molecule has 1 amide bonds. The number of carbonyl (C=O) groups is 2. The fourth-order valence-electron chi connectivity index (χ4n) is 1.69. The van der Waals surface area contributed by atoms with Crippen molar-refractivity contribution in [2.45, 2.75) is 0 Å². The van der Waals surface area contributed by atoms with Crippen LogP contribution in [0.2, 0.25) is 0 Å². The zero-order valence-corrected chi connectivity index (χ0v) is 9.56. The Hall–Kier alpha value is -1.65. The average Bonchev–Trinajstić information content (AvgIpc) is 2.28. The molecule has 94 valence electrons. The number of rotatable bonds is 5. The highest BCUT2D eigenvalue weighted by Crippen LogP contribution is 2.00. The van der Waals surface area contributed by atoms with Crippen LogP contribution in [0.3, 0.4) is 0 Å². The first-order valence-electron chi connectivity index (χ1n) is 5.42. The minimum Gasteiger partial charge on any atom is -0.480 e. The van der Waals surface area contributed by atoms with E-state index < -0.39 is 5.97 Å². The summed E-state index contributed by atoms with van der Waals surface area (Å²) in [6, 6.07) is 1.84. The Kier molecular flexibility index (Phi) is 5.39. The van der Waals surface area contributed by atoms with Crippen LogP contribution in [0.1, 0.15) is 0 Å². The third kappa shape index (κ3) is 5.29.